The zero-order valence-corrected chi connectivity index (χ0v) is 20.8. The molecule has 0 saturated carbocycles. The fraction of sp³-hybridized carbons (Fsp3) is 0.148. The highest BCUT2D eigenvalue weighted by molar-refractivity contribution is 8.15. The topological polar surface area (TPSA) is 91.2 Å². The molecule has 0 radical (unpaired) electrons. The monoisotopic (exact) mass is 515 g/mol. The van der Waals surface area contributed by atoms with Gasteiger partial charge in [0.2, 0.25) is 5.54 Å². The number of amides is 1. The van der Waals surface area contributed by atoms with E-state index in [0.29, 0.717) is 22.2 Å². The Morgan fingerprint density at radius 2 is 1.86 bits per heavy atom. The molecule has 3 aromatic rings. The highest BCUT2D eigenvalue weighted by Crippen LogP contribution is 2.52. The summed E-state index contributed by atoms with van der Waals surface area (Å²) in [5.41, 5.74) is 2.30. The number of hydrogen-bond donors (Lipinski definition) is 2. The lowest BCUT2D eigenvalue weighted by Gasteiger charge is -2.34. The highest BCUT2D eigenvalue weighted by Gasteiger charge is 2.62. The molecule has 3 heterocycles. The zero-order valence-electron chi connectivity index (χ0n) is 19.2. The number of amidine groups is 1. The summed E-state index contributed by atoms with van der Waals surface area (Å²) < 4.78 is 6.98. The van der Waals surface area contributed by atoms with Crippen LogP contribution >= 0.6 is 23.7 Å². The van der Waals surface area contributed by atoms with Crippen LogP contribution in [0.15, 0.2) is 83.9 Å². The molecule has 2 N–H and O–H groups in total. The van der Waals surface area contributed by atoms with Gasteiger partial charge in [-0.25, -0.2) is 4.99 Å². The third-order valence-electron chi connectivity index (χ3n) is 6.46. The van der Waals surface area contributed by atoms with Crippen molar-refractivity contribution in [3.05, 3.63) is 95.6 Å². The summed E-state index contributed by atoms with van der Waals surface area (Å²) in [6.45, 7) is 0. The number of nitrogens with one attached hydrogen (secondary N) is 1. The Hall–Kier alpha value is -3.69. The average Bonchev–Trinajstić information content (AvgIpc) is 3.41. The van der Waals surface area contributed by atoms with Crippen LogP contribution in [0.25, 0.3) is 5.70 Å². The molecule has 0 aliphatic carbocycles. The van der Waals surface area contributed by atoms with Crippen molar-refractivity contribution in [1.29, 1.82) is 0 Å². The van der Waals surface area contributed by atoms with E-state index in [-0.39, 0.29) is 28.4 Å². The van der Waals surface area contributed by atoms with E-state index in [0.717, 1.165) is 16.8 Å². The van der Waals surface area contributed by atoms with Crippen molar-refractivity contribution >= 4 is 52.0 Å². The van der Waals surface area contributed by atoms with Gasteiger partial charge < -0.3 is 15.2 Å². The quantitative estimate of drug-likeness (QED) is 0.376. The number of carbonyl (C=O) groups is 2. The standard InChI is InChI=1S/C27H21N3O4S2/c1-34-22-12-11-17(13-21(22)31)23-14-20(16-7-3-2-4-8-16)29-26(36-23)30-27(24(32)15-35-30)18-9-5-6-10-19(18)28-25(27)33/h2-14,23,31H,15H2,1H3,(H,28,33). The van der Waals surface area contributed by atoms with Crippen LogP contribution in [0.5, 0.6) is 11.5 Å². The zero-order chi connectivity index (χ0) is 24.9. The first-order valence-electron chi connectivity index (χ1n) is 11.3. The fourth-order valence-electron chi connectivity index (χ4n) is 4.73. The largest absolute Gasteiger partial charge is 0.504 e. The van der Waals surface area contributed by atoms with Crippen LogP contribution in [0.4, 0.5) is 5.69 Å². The van der Waals surface area contributed by atoms with Crippen molar-refractivity contribution in [1.82, 2.24) is 4.31 Å². The Kier molecular flexibility index (Phi) is 5.54. The smallest absolute Gasteiger partial charge is 0.263 e. The van der Waals surface area contributed by atoms with Gasteiger partial charge in [0.05, 0.1) is 23.8 Å². The number of aliphatic imine (C=N–C) groups is 1. The van der Waals surface area contributed by atoms with Gasteiger partial charge in [0, 0.05) is 11.3 Å². The molecule has 1 saturated heterocycles. The lowest BCUT2D eigenvalue weighted by atomic mass is 9.87. The van der Waals surface area contributed by atoms with Crippen LogP contribution in [0.2, 0.25) is 0 Å². The first kappa shape index (κ1) is 22.8. The number of benzene rings is 3. The second kappa shape index (κ2) is 8.76. The minimum Gasteiger partial charge on any atom is -0.504 e. The number of hydrogen-bond acceptors (Lipinski definition) is 8. The van der Waals surface area contributed by atoms with Gasteiger partial charge in [0.15, 0.2) is 22.4 Å². The number of thioether (sulfide) groups is 1. The van der Waals surface area contributed by atoms with Gasteiger partial charge in [-0.1, -0.05) is 66.4 Å². The van der Waals surface area contributed by atoms with Crippen molar-refractivity contribution in [2.45, 2.75) is 10.8 Å². The lowest BCUT2D eigenvalue weighted by molar-refractivity contribution is -0.133. The summed E-state index contributed by atoms with van der Waals surface area (Å²) in [7, 11) is 1.51. The van der Waals surface area contributed by atoms with E-state index in [4.69, 9.17) is 9.73 Å². The van der Waals surface area contributed by atoms with Gasteiger partial charge in [-0.3, -0.25) is 13.9 Å². The van der Waals surface area contributed by atoms with E-state index in [9.17, 15) is 14.7 Å². The van der Waals surface area contributed by atoms with E-state index in [1.807, 2.05) is 66.7 Å². The molecule has 1 amide bonds. The average molecular weight is 516 g/mol. The number of fused-ring (bicyclic) bond motifs is 2. The van der Waals surface area contributed by atoms with Crippen LogP contribution in [0, 0.1) is 0 Å². The van der Waals surface area contributed by atoms with Gasteiger partial charge in [-0.15, -0.1) is 0 Å². The van der Waals surface area contributed by atoms with E-state index in [1.54, 1.807) is 16.4 Å². The Labute approximate surface area is 216 Å². The number of nitrogens with zero attached hydrogens (tertiary/aromatic N) is 2. The molecular formula is C27H21N3O4S2. The number of ketones is 1. The molecule has 2 atom stereocenters. The van der Waals surface area contributed by atoms with Crippen LogP contribution in [0.3, 0.4) is 0 Å². The van der Waals surface area contributed by atoms with Gasteiger partial charge in [0.1, 0.15) is 0 Å². The van der Waals surface area contributed by atoms with Crippen LogP contribution in [-0.4, -0.2) is 39.1 Å². The number of ether oxygens (including phenoxy) is 1. The lowest BCUT2D eigenvalue weighted by Crippen LogP contribution is -2.51. The van der Waals surface area contributed by atoms with Crippen molar-refractivity contribution in [3.63, 3.8) is 0 Å². The number of aromatic hydroxyl groups is 1. The van der Waals surface area contributed by atoms with Crippen molar-refractivity contribution < 1.29 is 19.4 Å². The molecule has 36 heavy (non-hydrogen) atoms. The van der Waals surface area contributed by atoms with Gasteiger partial charge >= 0.3 is 0 Å². The molecule has 0 aromatic heterocycles. The molecule has 7 nitrogen and oxygen atoms in total. The van der Waals surface area contributed by atoms with Crippen LogP contribution < -0.4 is 10.1 Å². The fourth-order valence-corrected chi connectivity index (χ4v) is 7.19. The summed E-state index contributed by atoms with van der Waals surface area (Å²) in [5.74, 6) is 0.0593. The maximum Gasteiger partial charge on any atom is 0.263 e. The molecule has 2 unspecified atom stereocenters. The maximum absolute atomic E-state index is 13.4. The maximum atomic E-state index is 13.4. The van der Waals surface area contributed by atoms with E-state index in [2.05, 4.69) is 5.32 Å². The van der Waals surface area contributed by atoms with Gasteiger partial charge in [-0.2, -0.15) is 0 Å². The molecule has 6 rings (SSSR count). The van der Waals surface area contributed by atoms with Gasteiger partial charge in [-0.05, 0) is 47.3 Å². The number of methoxy groups -OCH3 is 1. The third kappa shape index (κ3) is 3.42. The number of carbonyl (C=O) groups excluding carboxylic acids is 2. The number of rotatable bonds is 3. The normalized spacial score (nSPS) is 22.8. The van der Waals surface area contributed by atoms with Crippen LogP contribution in [0.1, 0.15) is 21.9 Å². The summed E-state index contributed by atoms with van der Waals surface area (Å²) in [6.07, 6.45) is 2.03. The predicted octanol–water partition coefficient (Wildman–Crippen LogP) is 4.97. The van der Waals surface area contributed by atoms with Gasteiger partial charge in [0.25, 0.3) is 5.91 Å². The number of phenols is 1. The minimum atomic E-state index is -1.47. The molecule has 1 fully saturated rings. The molecule has 9 heteroatoms. The molecule has 0 bridgehead atoms. The Balaban J connectivity index is 1.48. The van der Waals surface area contributed by atoms with E-state index >= 15 is 0 Å². The van der Waals surface area contributed by atoms with E-state index in [1.165, 1.54) is 30.8 Å². The Morgan fingerprint density at radius 1 is 1.08 bits per heavy atom. The van der Waals surface area contributed by atoms with Crippen molar-refractivity contribution in [3.8, 4) is 11.5 Å². The molecule has 3 aliphatic heterocycles. The number of Topliss-reactive ketones (excluding diaryl/α,β-unsaturated/α-hetero) is 1. The first-order chi connectivity index (χ1) is 17.5. The SMILES string of the molecule is COc1ccc(C2C=C(c3ccccc3)N=C(N3SCC(=O)C34C(=O)Nc3ccccc34)S2)cc1O. The minimum absolute atomic E-state index is 0.0422. The molecule has 3 aromatic carbocycles. The van der Waals surface area contributed by atoms with Crippen LogP contribution in [-0.2, 0) is 15.1 Å². The molecular weight excluding hydrogens is 494 g/mol. The van der Waals surface area contributed by atoms with Crippen molar-refractivity contribution in [2.75, 3.05) is 18.2 Å². The summed E-state index contributed by atoms with van der Waals surface area (Å²) >= 11 is 2.74. The Bertz CT molecular complexity index is 1460. The predicted molar refractivity (Wildman–Crippen MR) is 143 cm³/mol. The third-order valence-corrected chi connectivity index (χ3v) is 8.82. The Morgan fingerprint density at radius 3 is 2.64 bits per heavy atom. The van der Waals surface area contributed by atoms with Crippen molar-refractivity contribution in [2.24, 2.45) is 4.99 Å². The molecule has 1 spiro atoms. The second-order valence-electron chi connectivity index (χ2n) is 8.48. The summed E-state index contributed by atoms with van der Waals surface area (Å²) in [5, 5.41) is 13.7. The number of anilines is 1. The summed E-state index contributed by atoms with van der Waals surface area (Å²) in [6, 6.07) is 22.4. The number of para-hydroxylation sites is 1. The first-order valence-corrected chi connectivity index (χ1v) is 13.1. The summed E-state index contributed by atoms with van der Waals surface area (Å²) in [4.78, 5) is 31.8. The number of phenolic OH excluding ortho intramolecular Hbond substituents is 1. The second-order valence-corrected chi connectivity index (χ2v) is 10.5. The van der Waals surface area contributed by atoms with E-state index < -0.39 is 5.54 Å². The highest BCUT2D eigenvalue weighted by atomic mass is 32.2. The molecule has 180 valence electrons. The molecule has 3 aliphatic rings.